The van der Waals surface area contributed by atoms with Gasteiger partial charge < -0.3 is 10.2 Å². The molecule has 5 heteroatoms. The fraction of sp³-hybridized carbons (Fsp3) is 0.533. The molecule has 2 aliphatic heterocycles. The first-order chi connectivity index (χ1) is 9.57. The number of benzene rings is 1. The van der Waals surface area contributed by atoms with Crippen LogP contribution in [0.25, 0.3) is 0 Å². The third-order valence-corrected chi connectivity index (χ3v) is 4.22. The van der Waals surface area contributed by atoms with Gasteiger partial charge in [-0.1, -0.05) is 30.3 Å². The van der Waals surface area contributed by atoms with Gasteiger partial charge >= 0.3 is 5.92 Å². The minimum Gasteiger partial charge on any atom is -0.336 e. The van der Waals surface area contributed by atoms with Crippen LogP contribution in [0.5, 0.6) is 0 Å². The second kappa shape index (κ2) is 5.13. The van der Waals surface area contributed by atoms with E-state index in [1.54, 1.807) is 6.07 Å². The van der Waals surface area contributed by atoms with Crippen molar-refractivity contribution in [1.29, 1.82) is 0 Å². The van der Waals surface area contributed by atoms with Crippen LogP contribution in [0, 0.1) is 0 Å². The Kier molecular flexibility index (Phi) is 3.46. The van der Waals surface area contributed by atoms with Crippen molar-refractivity contribution in [3.8, 4) is 0 Å². The molecule has 2 unspecified atom stereocenters. The standard InChI is InChI=1S/C15H18F2N2O/c16-15(17,11-4-2-1-3-5-11)14(20)19-9-8-12-6-7-13(10-19)18-12/h1-5,12-13,18H,6-10H2. The first-order valence-electron chi connectivity index (χ1n) is 7.06. The third-order valence-electron chi connectivity index (χ3n) is 4.22. The van der Waals surface area contributed by atoms with Crippen LogP contribution in [-0.4, -0.2) is 36.0 Å². The van der Waals surface area contributed by atoms with E-state index in [9.17, 15) is 13.6 Å². The molecular formula is C15H18F2N2O. The lowest BCUT2D eigenvalue weighted by atomic mass is 10.0. The van der Waals surface area contributed by atoms with E-state index in [0.717, 1.165) is 19.3 Å². The van der Waals surface area contributed by atoms with E-state index < -0.39 is 11.8 Å². The molecule has 2 bridgehead atoms. The predicted molar refractivity (Wildman–Crippen MR) is 71.5 cm³/mol. The lowest BCUT2D eigenvalue weighted by Gasteiger charge is -2.28. The number of fused-ring (bicyclic) bond motifs is 2. The molecule has 1 aromatic rings. The normalized spacial score (nSPS) is 26.4. The summed E-state index contributed by atoms with van der Waals surface area (Å²) in [5.74, 6) is -4.51. The van der Waals surface area contributed by atoms with Crippen LogP contribution in [0.15, 0.2) is 30.3 Å². The summed E-state index contributed by atoms with van der Waals surface area (Å²) in [4.78, 5) is 13.5. The van der Waals surface area contributed by atoms with Crippen molar-refractivity contribution >= 4 is 5.91 Å². The summed E-state index contributed by atoms with van der Waals surface area (Å²) >= 11 is 0. The molecule has 3 nitrogen and oxygen atoms in total. The minimum atomic E-state index is -3.44. The molecule has 2 saturated heterocycles. The molecule has 2 atom stereocenters. The molecule has 1 aromatic carbocycles. The SMILES string of the molecule is O=C(N1CCC2CCC(C1)N2)C(F)(F)c1ccccc1. The second-order valence-electron chi connectivity index (χ2n) is 5.62. The van der Waals surface area contributed by atoms with E-state index in [1.807, 2.05) is 0 Å². The van der Waals surface area contributed by atoms with Gasteiger partial charge in [0.1, 0.15) is 0 Å². The molecule has 0 spiro atoms. The molecule has 2 heterocycles. The summed E-state index contributed by atoms with van der Waals surface area (Å²) in [7, 11) is 0. The Morgan fingerprint density at radius 1 is 1.15 bits per heavy atom. The molecule has 2 fully saturated rings. The summed E-state index contributed by atoms with van der Waals surface area (Å²) in [5.41, 5.74) is -0.229. The second-order valence-corrected chi connectivity index (χ2v) is 5.62. The minimum absolute atomic E-state index is 0.165. The average molecular weight is 280 g/mol. The highest BCUT2D eigenvalue weighted by molar-refractivity contribution is 5.85. The smallest absolute Gasteiger partial charge is 0.336 e. The van der Waals surface area contributed by atoms with Crippen LogP contribution >= 0.6 is 0 Å². The van der Waals surface area contributed by atoms with E-state index in [4.69, 9.17) is 0 Å². The van der Waals surface area contributed by atoms with Gasteiger partial charge in [-0.2, -0.15) is 8.78 Å². The first kappa shape index (κ1) is 13.5. The molecule has 1 amide bonds. The van der Waals surface area contributed by atoms with Crippen molar-refractivity contribution in [2.24, 2.45) is 0 Å². The molecule has 0 saturated carbocycles. The quantitative estimate of drug-likeness (QED) is 0.900. The lowest BCUT2D eigenvalue weighted by molar-refractivity contribution is -0.159. The maximum Gasteiger partial charge on any atom is 0.349 e. The van der Waals surface area contributed by atoms with Crippen molar-refractivity contribution in [3.05, 3.63) is 35.9 Å². The monoisotopic (exact) mass is 280 g/mol. The number of carbonyl (C=O) groups excluding carboxylic acids is 1. The van der Waals surface area contributed by atoms with Crippen molar-refractivity contribution in [2.75, 3.05) is 13.1 Å². The number of hydrogen-bond donors (Lipinski definition) is 1. The van der Waals surface area contributed by atoms with Gasteiger partial charge in [0.2, 0.25) is 0 Å². The molecule has 3 rings (SSSR count). The van der Waals surface area contributed by atoms with Crippen LogP contribution in [0.2, 0.25) is 0 Å². The predicted octanol–water partition coefficient (Wildman–Crippen LogP) is 2.13. The van der Waals surface area contributed by atoms with E-state index >= 15 is 0 Å². The van der Waals surface area contributed by atoms with Gasteiger partial charge in [0.05, 0.1) is 0 Å². The Morgan fingerprint density at radius 3 is 2.60 bits per heavy atom. The van der Waals surface area contributed by atoms with Crippen LogP contribution < -0.4 is 5.32 Å². The van der Waals surface area contributed by atoms with Crippen molar-refractivity contribution in [2.45, 2.75) is 37.3 Å². The van der Waals surface area contributed by atoms with Crippen molar-refractivity contribution in [1.82, 2.24) is 10.2 Å². The molecular weight excluding hydrogens is 262 g/mol. The highest BCUT2D eigenvalue weighted by Crippen LogP contribution is 2.31. The highest BCUT2D eigenvalue weighted by Gasteiger charge is 2.45. The van der Waals surface area contributed by atoms with Gasteiger partial charge in [-0.3, -0.25) is 4.79 Å². The van der Waals surface area contributed by atoms with Gasteiger partial charge in [0.25, 0.3) is 5.91 Å². The van der Waals surface area contributed by atoms with E-state index in [1.165, 1.54) is 29.2 Å². The average Bonchev–Trinajstić information content (AvgIpc) is 2.78. The lowest BCUT2D eigenvalue weighted by Crippen LogP contribution is -2.45. The summed E-state index contributed by atoms with van der Waals surface area (Å²) in [5, 5.41) is 3.39. The summed E-state index contributed by atoms with van der Waals surface area (Å²) in [6.45, 7) is 0.799. The first-order valence-corrected chi connectivity index (χ1v) is 7.06. The Labute approximate surface area is 117 Å². The zero-order valence-electron chi connectivity index (χ0n) is 11.2. The fourth-order valence-electron chi connectivity index (χ4n) is 3.10. The molecule has 20 heavy (non-hydrogen) atoms. The summed E-state index contributed by atoms with van der Waals surface area (Å²) < 4.78 is 28.6. The number of rotatable bonds is 2. The number of hydrogen-bond acceptors (Lipinski definition) is 2. The Morgan fingerprint density at radius 2 is 1.85 bits per heavy atom. The highest BCUT2D eigenvalue weighted by atomic mass is 19.3. The maximum absolute atomic E-state index is 14.3. The summed E-state index contributed by atoms with van der Waals surface area (Å²) in [6, 6.07) is 7.88. The van der Waals surface area contributed by atoms with Gasteiger partial charge in [-0.05, 0) is 19.3 Å². The van der Waals surface area contributed by atoms with Gasteiger partial charge in [0, 0.05) is 30.7 Å². The number of alkyl halides is 2. The topological polar surface area (TPSA) is 32.3 Å². The molecule has 0 aromatic heterocycles. The van der Waals surface area contributed by atoms with Crippen molar-refractivity contribution in [3.63, 3.8) is 0 Å². The molecule has 0 aliphatic carbocycles. The molecule has 1 N–H and O–H groups in total. The van der Waals surface area contributed by atoms with Crippen molar-refractivity contribution < 1.29 is 13.6 Å². The van der Waals surface area contributed by atoms with E-state index in [-0.39, 0.29) is 11.6 Å². The van der Waals surface area contributed by atoms with Gasteiger partial charge in [-0.25, -0.2) is 0 Å². The number of nitrogens with one attached hydrogen (secondary N) is 1. The van der Waals surface area contributed by atoms with Gasteiger partial charge in [0.15, 0.2) is 0 Å². The third kappa shape index (κ3) is 2.42. The number of likely N-dealkylation sites (tertiary alicyclic amines) is 1. The molecule has 2 aliphatic rings. The molecule has 0 radical (unpaired) electrons. The number of amides is 1. The Hall–Kier alpha value is -1.49. The van der Waals surface area contributed by atoms with Crippen LogP contribution in [-0.2, 0) is 10.7 Å². The Bertz CT molecular complexity index is 492. The number of nitrogens with zero attached hydrogens (tertiary/aromatic N) is 1. The maximum atomic E-state index is 14.3. The summed E-state index contributed by atoms with van der Waals surface area (Å²) in [6.07, 6.45) is 2.81. The number of halogens is 2. The van der Waals surface area contributed by atoms with Crippen LogP contribution in [0.4, 0.5) is 8.78 Å². The van der Waals surface area contributed by atoms with Crippen LogP contribution in [0.1, 0.15) is 24.8 Å². The van der Waals surface area contributed by atoms with E-state index in [0.29, 0.717) is 19.1 Å². The zero-order chi connectivity index (χ0) is 14.2. The molecule has 108 valence electrons. The van der Waals surface area contributed by atoms with Gasteiger partial charge in [-0.15, -0.1) is 0 Å². The largest absolute Gasteiger partial charge is 0.349 e. The fourth-order valence-corrected chi connectivity index (χ4v) is 3.10. The van der Waals surface area contributed by atoms with E-state index in [2.05, 4.69) is 5.32 Å². The zero-order valence-corrected chi connectivity index (χ0v) is 11.2. The number of carbonyl (C=O) groups is 1. The Balaban J connectivity index is 1.78. The van der Waals surface area contributed by atoms with Crippen LogP contribution in [0.3, 0.4) is 0 Å².